The second-order valence-corrected chi connectivity index (χ2v) is 9.58. The van der Waals surface area contributed by atoms with Crippen LogP contribution in [0, 0.1) is 5.92 Å². The maximum Gasteiger partial charge on any atom is 0.226 e. The van der Waals surface area contributed by atoms with Gasteiger partial charge in [-0.2, -0.15) is 0 Å². The number of hydrogen-bond donors (Lipinski definition) is 0. The van der Waals surface area contributed by atoms with Gasteiger partial charge in [-0.15, -0.1) is 0 Å². The van der Waals surface area contributed by atoms with Gasteiger partial charge in [-0.3, -0.25) is 14.7 Å². The van der Waals surface area contributed by atoms with Gasteiger partial charge >= 0.3 is 0 Å². The average molecular weight is 379 g/mol. The Kier molecular flexibility index (Phi) is 4.98. The van der Waals surface area contributed by atoms with Crippen LogP contribution in [0.3, 0.4) is 0 Å². The lowest BCUT2D eigenvalue weighted by atomic mass is 9.95. The number of pyridine rings is 1. The molecule has 0 bridgehead atoms. The van der Waals surface area contributed by atoms with Gasteiger partial charge < -0.3 is 9.64 Å². The van der Waals surface area contributed by atoms with Gasteiger partial charge in [-0.05, 0) is 25.0 Å². The largest absolute Gasteiger partial charge is 0.381 e. The van der Waals surface area contributed by atoms with Crippen LogP contribution in [0.5, 0.6) is 0 Å². The summed E-state index contributed by atoms with van der Waals surface area (Å²) in [5.41, 5.74) is 0.930. The molecular formula is C18H25N3O4S. The fourth-order valence-corrected chi connectivity index (χ4v) is 6.39. The molecule has 0 aromatic carbocycles. The summed E-state index contributed by atoms with van der Waals surface area (Å²) in [5.74, 6) is 0.279. The molecule has 0 N–H and O–H groups in total. The minimum absolute atomic E-state index is 0.0324. The van der Waals surface area contributed by atoms with Crippen molar-refractivity contribution in [2.24, 2.45) is 5.92 Å². The van der Waals surface area contributed by atoms with E-state index in [4.69, 9.17) is 4.74 Å². The van der Waals surface area contributed by atoms with Crippen molar-refractivity contribution in [1.29, 1.82) is 0 Å². The number of nitrogens with zero attached hydrogens (tertiary/aromatic N) is 3. The number of piperazine rings is 1. The molecule has 3 aliphatic heterocycles. The van der Waals surface area contributed by atoms with E-state index >= 15 is 0 Å². The number of hydrogen-bond acceptors (Lipinski definition) is 6. The number of fused-ring (bicyclic) bond motifs is 1. The molecule has 8 heteroatoms. The molecule has 3 saturated heterocycles. The highest BCUT2D eigenvalue weighted by Gasteiger charge is 2.48. The van der Waals surface area contributed by atoms with Crippen molar-refractivity contribution in [3.05, 3.63) is 30.1 Å². The molecule has 0 saturated carbocycles. The summed E-state index contributed by atoms with van der Waals surface area (Å²) in [6, 6.07) is 5.39. The molecular weight excluding hydrogens is 354 g/mol. The molecule has 4 rings (SSSR count). The van der Waals surface area contributed by atoms with E-state index < -0.39 is 9.84 Å². The third-order valence-electron chi connectivity index (χ3n) is 5.74. The first-order valence-corrected chi connectivity index (χ1v) is 11.1. The lowest BCUT2D eigenvalue weighted by Crippen LogP contribution is -2.61. The summed E-state index contributed by atoms with van der Waals surface area (Å²) in [5, 5.41) is 0. The lowest BCUT2D eigenvalue weighted by Gasteiger charge is -2.45. The highest BCUT2D eigenvalue weighted by atomic mass is 32.2. The quantitative estimate of drug-likeness (QED) is 0.752. The zero-order valence-corrected chi connectivity index (χ0v) is 15.6. The Bertz CT molecular complexity index is 749. The molecule has 2 atom stereocenters. The van der Waals surface area contributed by atoms with E-state index in [1.54, 1.807) is 6.20 Å². The summed E-state index contributed by atoms with van der Waals surface area (Å²) in [4.78, 5) is 21.4. The molecule has 3 fully saturated rings. The van der Waals surface area contributed by atoms with E-state index in [-0.39, 0.29) is 35.4 Å². The highest BCUT2D eigenvalue weighted by Crippen LogP contribution is 2.30. The second kappa shape index (κ2) is 7.25. The van der Waals surface area contributed by atoms with Gasteiger partial charge in [0, 0.05) is 51.0 Å². The third kappa shape index (κ3) is 3.63. The molecule has 0 aliphatic carbocycles. The average Bonchev–Trinajstić information content (AvgIpc) is 2.98. The van der Waals surface area contributed by atoms with Crippen molar-refractivity contribution in [2.75, 3.05) is 37.8 Å². The van der Waals surface area contributed by atoms with E-state index in [1.165, 1.54) is 0 Å². The maximum absolute atomic E-state index is 13.0. The van der Waals surface area contributed by atoms with Crippen LogP contribution < -0.4 is 0 Å². The molecule has 1 aromatic rings. The van der Waals surface area contributed by atoms with E-state index in [9.17, 15) is 13.2 Å². The summed E-state index contributed by atoms with van der Waals surface area (Å²) in [6.07, 6.45) is 3.22. The summed E-state index contributed by atoms with van der Waals surface area (Å²) >= 11 is 0. The summed E-state index contributed by atoms with van der Waals surface area (Å²) in [7, 11) is -3.13. The number of rotatable bonds is 3. The van der Waals surface area contributed by atoms with E-state index in [0.717, 1.165) is 18.5 Å². The SMILES string of the molecule is O=C(C1CCOCC1)N1CCN(Cc2ccccn2)[C@@H]2CS(=O)(=O)C[C@@H]21. The third-order valence-corrected chi connectivity index (χ3v) is 7.43. The molecule has 0 spiro atoms. The van der Waals surface area contributed by atoms with Gasteiger partial charge in [0.1, 0.15) is 0 Å². The van der Waals surface area contributed by atoms with Crippen LogP contribution in [0.4, 0.5) is 0 Å². The predicted molar refractivity (Wildman–Crippen MR) is 96.1 cm³/mol. The van der Waals surface area contributed by atoms with Crippen molar-refractivity contribution >= 4 is 15.7 Å². The fraction of sp³-hybridized carbons (Fsp3) is 0.667. The summed E-state index contributed by atoms with van der Waals surface area (Å²) in [6.45, 7) is 3.11. The standard InChI is InChI=1S/C18H25N3O4S/c22-18(14-4-9-25-10-5-14)21-8-7-20(11-15-3-1-2-6-19-15)16-12-26(23,24)13-17(16)21/h1-3,6,14,16-17H,4-5,7-13H2/t16-,17+/m1/s1. The lowest BCUT2D eigenvalue weighted by molar-refractivity contribution is -0.144. The number of amides is 1. The molecule has 26 heavy (non-hydrogen) atoms. The van der Waals surface area contributed by atoms with Crippen molar-refractivity contribution in [3.8, 4) is 0 Å². The van der Waals surface area contributed by atoms with E-state index in [1.807, 2.05) is 23.1 Å². The number of aromatic nitrogens is 1. The number of carbonyl (C=O) groups is 1. The molecule has 142 valence electrons. The first-order valence-electron chi connectivity index (χ1n) is 9.26. The Morgan fingerprint density at radius 2 is 1.92 bits per heavy atom. The van der Waals surface area contributed by atoms with Crippen LogP contribution in [0.15, 0.2) is 24.4 Å². The van der Waals surface area contributed by atoms with Gasteiger partial charge in [0.25, 0.3) is 0 Å². The van der Waals surface area contributed by atoms with Crippen LogP contribution in [-0.4, -0.2) is 79.0 Å². The van der Waals surface area contributed by atoms with Crippen molar-refractivity contribution in [3.63, 3.8) is 0 Å². The van der Waals surface area contributed by atoms with Gasteiger partial charge in [-0.25, -0.2) is 8.42 Å². The van der Waals surface area contributed by atoms with Crippen LogP contribution >= 0.6 is 0 Å². The Morgan fingerprint density at radius 3 is 2.65 bits per heavy atom. The smallest absolute Gasteiger partial charge is 0.226 e. The van der Waals surface area contributed by atoms with Crippen LogP contribution in [0.1, 0.15) is 18.5 Å². The second-order valence-electron chi connectivity index (χ2n) is 7.42. The van der Waals surface area contributed by atoms with E-state index in [0.29, 0.717) is 32.8 Å². The molecule has 4 heterocycles. The van der Waals surface area contributed by atoms with Crippen LogP contribution in [0.2, 0.25) is 0 Å². The summed E-state index contributed by atoms with van der Waals surface area (Å²) < 4.78 is 30.0. The van der Waals surface area contributed by atoms with Crippen LogP contribution in [0.25, 0.3) is 0 Å². The van der Waals surface area contributed by atoms with Crippen molar-refractivity contribution < 1.29 is 17.9 Å². The molecule has 7 nitrogen and oxygen atoms in total. The molecule has 1 amide bonds. The van der Waals surface area contributed by atoms with Gasteiger partial charge in [-0.1, -0.05) is 6.07 Å². The minimum Gasteiger partial charge on any atom is -0.381 e. The zero-order chi connectivity index (χ0) is 18.1. The topological polar surface area (TPSA) is 79.8 Å². The zero-order valence-electron chi connectivity index (χ0n) is 14.8. The predicted octanol–water partition coefficient (Wildman–Crippen LogP) is 0.318. The van der Waals surface area contributed by atoms with Crippen molar-refractivity contribution in [2.45, 2.75) is 31.5 Å². The Hall–Kier alpha value is -1.51. The van der Waals surface area contributed by atoms with Crippen molar-refractivity contribution in [1.82, 2.24) is 14.8 Å². The monoisotopic (exact) mass is 379 g/mol. The van der Waals surface area contributed by atoms with E-state index in [2.05, 4.69) is 9.88 Å². The molecule has 1 aromatic heterocycles. The fourth-order valence-electron chi connectivity index (χ4n) is 4.37. The molecule has 0 unspecified atom stereocenters. The Labute approximate surface area is 154 Å². The Balaban J connectivity index is 1.52. The van der Waals surface area contributed by atoms with Crippen LogP contribution in [-0.2, 0) is 25.9 Å². The first-order chi connectivity index (χ1) is 12.5. The number of carbonyl (C=O) groups excluding carboxylic acids is 1. The highest BCUT2D eigenvalue weighted by molar-refractivity contribution is 7.91. The van der Waals surface area contributed by atoms with Gasteiger partial charge in [0.2, 0.25) is 5.91 Å². The molecule has 3 aliphatic rings. The molecule has 0 radical (unpaired) electrons. The number of ether oxygens (including phenoxy) is 1. The normalized spacial score (nSPS) is 29.5. The minimum atomic E-state index is -3.13. The first kappa shape index (κ1) is 17.9. The van der Waals surface area contributed by atoms with Gasteiger partial charge in [0.15, 0.2) is 9.84 Å². The number of sulfone groups is 1. The Morgan fingerprint density at radius 1 is 1.15 bits per heavy atom. The van der Waals surface area contributed by atoms with Gasteiger partial charge in [0.05, 0.1) is 23.2 Å². The maximum atomic E-state index is 13.0.